The van der Waals surface area contributed by atoms with Gasteiger partial charge in [-0.1, -0.05) is 13.2 Å². The van der Waals surface area contributed by atoms with Crippen LogP contribution in [0.5, 0.6) is 0 Å². The Morgan fingerprint density at radius 1 is 1.12 bits per heavy atom. The van der Waals surface area contributed by atoms with Crippen LogP contribution < -0.4 is 5.73 Å². The van der Waals surface area contributed by atoms with Gasteiger partial charge >= 0.3 is 18.0 Å². The Hall–Kier alpha value is -2.31. The molecule has 0 heterocycles. The molecule has 0 bridgehead atoms. The molecule has 0 saturated carbocycles. The molecule has 0 atom stereocenters. The van der Waals surface area contributed by atoms with Crippen LogP contribution in [-0.4, -0.2) is 30.9 Å². The maximum atomic E-state index is 10.9. The van der Waals surface area contributed by atoms with Gasteiger partial charge in [0.25, 0.3) is 6.29 Å². The third-order valence-electron chi connectivity index (χ3n) is 1.43. The van der Waals surface area contributed by atoms with Crippen molar-refractivity contribution < 1.29 is 28.6 Å². The quantitative estimate of drug-likeness (QED) is 0.390. The zero-order chi connectivity index (χ0) is 13.3. The van der Waals surface area contributed by atoms with Crippen molar-refractivity contribution in [2.24, 2.45) is 5.73 Å². The SMILES string of the molecule is C=CC(=O)OC(CCOC(N)=O)OC(=O)C=C. The number of ether oxygens (including phenoxy) is 3. The number of hydrogen-bond acceptors (Lipinski definition) is 6. The molecule has 0 aromatic rings. The molecule has 0 aromatic heterocycles. The Morgan fingerprint density at radius 3 is 1.94 bits per heavy atom. The van der Waals surface area contributed by atoms with Gasteiger partial charge in [-0.15, -0.1) is 0 Å². The Morgan fingerprint density at radius 2 is 1.59 bits per heavy atom. The van der Waals surface area contributed by atoms with E-state index in [4.69, 9.17) is 5.73 Å². The van der Waals surface area contributed by atoms with E-state index in [1.54, 1.807) is 0 Å². The van der Waals surface area contributed by atoms with Crippen LogP contribution in [0.3, 0.4) is 0 Å². The van der Waals surface area contributed by atoms with Crippen LogP contribution >= 0.6 is 0 Å². The normalized spacial score (nSPS) is 9.24. The summed E-state index contributed by atoms with van der Waals surface area (Å²) in [5.41, 5.74) is 4.72. The average Bonchev–Trinajstić information content (AvgIpc) is 2.27. The molecule has 0 radical (unpaired) electrons. The summed E-state index contributed by atoms with van der Waals surface area (Å²) in [6.45, 7) is 6.20. The van der Waals surface area contributed by atoms with E-state index in [0.29, 0.717) is 0 Å². The highest BCUT2D eigenvalue weighted by atomic mass is 16.7. The molecular weight excluding hydrogens is 230 g/mol. The molecule has 94 valence electrons. The first kappa shape index (κ1) is 14.7. The third kappa shape index (κ3) is 7.60. The van der Waals surface area contributed by atoms with Crippen molar-refractivity contribution >= 4 is 18.0 Å². The van der Waals surface area contributed by atoms with E-state index >= 15 is 0 Å². The highest BCUT2D eigenvalue weighted by Crippen LogP contribution is 2.03. The average molecular weight is 243 g/mol. The number of hydrogen-bond donors (Lipinski definition) is 1. The van der Waals surface area contributed by atoms with Crippen molar-refractivity contribution in [2.45, 2.75) is 12.7 Å². The molecule has 7 heteroatoms. The molecule has 0 unspecified atom stereocenters. The van der Waals surface area contributed by atoms with Crippen molar-refractivity contribution in [2.75, 3.05) is 6.61 Å². The smallest absolute Gasteiger partial charge is 0.404 e. The van der Waals surface area contributed by atoms with Crippen molar-refractivity contribution in [3.8, 4) is 0 Å². The highest BCUT2D eigenvalue weighted by Gasteiger charge is 2.16. The highest BCUT2D eigenvalue weighted by molar-refractivity contribution is 5.83. The first-order valence-electron chi connectivity index (χ1n) is 4.58. The van der Waals surface area contributed by atoms with Gasteiger partial charge < -0.3 is 19.9 Å². The third-order valence-corrected chi connectivity index (χ3v) is 1.43. The second-order valence-corrected chi connectivity index (χ2v) is 2.67. The second kappa shape index (κ2) is 7.91. The summed E-state index contributed by atoms with van der Waals surface area (Å²) in [6.07, 6.45) is -0.394. The van der Waals surface area contributed by atoms with Crippen molar-refractivity contribution in [1.29, 1.82) is 0 Å². The maximum Gasteiger partial charge on any atom is 0.404 e. The Kier molecular flexibility index (Phi) is 6.84. The second-order valence-electron chi connectivity index (χ2n) is 2.67. The van der Waals surface area contributed by atoms with Gasteiger partial charge in [0.2, 0.25) is 0 Å². The van der Waals surface area contributed by atoms with Gasteiger partial charge in [0.1, 0.15) is 6.61 Å². The minimum atomic E-state index is -1.19. The number of rotatable bonds is 7. The molecule has 0 spiro atoms. The first-order chi connectivity index (χ1) is 7.99. The van der Waals surface area contributed by atoms with Crippen LogP contribution in [0.25, 0.3) is 0 Å². The first-order valence-corrected chi connectivity index (χ1v) is 4.58. The predicted molar refractivity (Wildman–Crippen MR) is 56.5 cm³/mol. The number of carbonyl (C=O) groups is 3. The van der Waals surface area contributed by atoms with E-state index in [2.05, 4.69) is 27.4 Å². The van der Waals surface area contributed by atoms with Crippen LogP contribution in [0.1, 0.15) is 6.42 Å². The summed E-state index contributed by atoms with van der Waals surface area (Å²) in [4.78, 5) is 32.1. The van der Waals surface area contributed by atoms with Gasteiger partial charge in [0.15, 0.2) is 0 Å². The van der Waals surface area contributed by atoms with E-state index in [1.807, 2.05) is 0 Å². The fourth-order valence-electron chi connectivity index (χ4n) is 0.753. The van der Waals surface area contributed by atoms with Gasteiger partial charge in [-0.25, -0.2) is 14.4 Å². The lowest BCUT2D eigenvalue weighted by molar-refractivity contribution is -0.182. The summed E-state index contributed by atoms with van der Waals surface area (Å²) in [5.74, 6) is -1.54. The Balaban J connectivity index is 4.23. The van der Waals surface area contributed by atoms with E-state index in [1.165, 1.54) is 0 Å². The maximum absolute atomic E-state index is 10.9. The largest absolute Gasteiger partial charge is 0.449 e. The van der Waals surface area contributed by atoms with E-state index in [9.17, 15) is 14.4 Å². The van der Waals surface area contributed by atoms with Crippen molar-refractivity contribution in [1.82, 2.24) is 0 Å². The van der Waals surface area contributed by atoms with Crippen LogP contribution in [0, 0.1) is 0 Å². The van der Waals surface area contributed by atoms with Gasteiger partial charge in [-0.05, 0) is 0 Å². The molecule has 1 amide bonds. The van der Waals surface area contributed by atoms with Crippen LogP contribution in [0.2, 0.25) is 0 Å². The van der Waals surface area contributed by atoms with Gasteiger partial charge in [-0.2, -0.15) is 0 Å². The number of amides is 1. The van der Waals surface area contributed by atoms with E-state index in [0.717, 1.165) is 12.2 Å². The van der Waals surface area contributed by atoms with E-state index < -0.39 is 24.3 Å². The lowest BCUT2D eigenvalue weighted by Crippen LogP contribution is -2.26. The lowest BCUT2D eigenvalue weighted by atomic mass is 10.4. The molecule has 2 N–H and O–H groups in total. The molecule has 0 fully saturated rings. The molecule has 17 heavy (non-hydrogen) atoms. The zero-order valence-corrected chi connectivity index (χ0v) is 9.09. The standard InChI is InChI=1S/C10H13NO6/c1-3-7(12)16-9(17-8(13)4-2)5-6-15-10(11)14/h3-4,9H,1-2,5-6H2,(H2,11,14). The summed E-state index contributed by atoms with van der Waals surface area (Å²) in [7, 11) is 0. The molecule has 0 rings (SSSR count). The summed E-state index contributed by atoms with van der Waals surface area (Å²) >= 11 is 0. The molecule has 0 saturated heterocycles. The molecule has 7 nitrogen and oxygen atoms in total. The molecule has 0 aliphatic carbocycles. The molecule has 0 aliphatic rings. The number of nitrogens with two attached hydrogens (primary N) is 1. The number of esters is 2. The molecular formula is C10H13NO6. The molecule has 0 aromatic carbocycles. The van der Waals surface area contributed by atoms with Crippen molar-refractivity contribution in [3.05, 3.63) is 25.3 Å². The summed E-state index contributed by atoms with van der Waals surface area (Å²) in [6, 6.07) is 0. The van der Waals surface area contributed by atoms with Crippen molar-refractivity contribution in [3.63, 3.8) is 0 Å². The minimum Gasteiger partial charge on any atom is -0.449 e. The lowest BCUT2D eigenvalue weighted by Gasteiger charge is -2.16. The fourth-order valence-corrected chi connectivity index (χ4v) is 0.753. The number of carbonyl (C=O) groups excluding carboxylic acids is 3. The minimum absolute atomic E-state index is 0.0396. The van der Waals surface area contributed by atoms with Gasteiger partial charge in [-0.3, -0.25) is 0 Å². The van der Waals surface area contributed by atoms with Crippen LogP contribution in [-0.2, 0) is 23.8 Å². The topological polar surface area (TPSA) is 105 Å². The molecule has 0 aliphatic heterocycles. The summed E-state index contributed by atoms with van der Waals surface area (Å²) in [5, 5.41) is 0. The Labute approximate surface area is 97.8 Å². The Bertz CT molecular complexity index is 303. The predicted octanol–water partition coefficient (Wildman–Crippen LogP) is 0.256. The monoisotopic (exact) mass is 243 g/mol. The number of primary amides is 1. The fraction of sp³-hybridized carbons (Fsp3) is 0.300. The van der Waals surface area contributed by atoms with Gasteiger partial charge in [0, 0.05) is 12.2 Å². The summed E-state index contributed by atoms with van der Waals surface area (Å²) < 4.78 is 13.8. The van der Waals surface area contributed by atoms with Crippen LogP contribution in [0.4, 0.5) is 4.79 Å². The van der Waals surface area contributed by atoms with Crippen LogP contribution in [0.15, 0.2) is 25.3 Å². The zero-order valence-electron chi connectivity index (χ0n) is 9.09. The van der Waals surface area contributed by atoms with Gasteiger partial charge in [0.05, 0.1) is 6.42 Å². The van der Waals surface area contributed by atoms with E-state index in [-0.39, 0.29) is 13.0 Å².